The van der Waals surface area contributed by atoms with Crippen LogP contribution in [0.15, 0.2) is 72.3 Å². The van der Waals surface area contributed by atoms with Crippen molar-refractivity contribution in [1.29, 1.82) is 0 Å². The number of carbonyl (C=O) groups is 2. The van der Waals surface area contributed by atoms with Gasteiger partial charge in [-0.25, -0.2) is 4.39 Å². The standard InChI is InChI=1S/C25H19ClFNO4/c1-14-5-3-4-6-18(14)22-21(23(29)15-7-12-19(26)20(13-15)32-2)24(30)25(31)28(22)17-10-8-16(27)9-11-17/h3-13,22,29H,1-2H3/b23-21+. The molecule has 4 rings (SSSR count). The molecular weight excluding hydrogens is 433 g/mol. The molecule has 1 saturated heterocycles. The minimum absolute atomic E-state index is 0.0713. The largest absolute Gasteiger partial charge is 0.507 e. The van der Waals surface area contributed by atoms with Gasteiger partial charge in [0.15, 0.2) is 0 Å². The smallest absolute Gasteiger partial charge is 0.300 e. The molecule has 1 unspecified atom stereocenters. The third-order valence-electron chi connectivity index (χ3n) is 5.46. The summed E-state index contributed by atoms with van der Waals surface area (Å²) >= 11 is 6.09. The molecular formula is C25H19ClFNO4. The number of ketones is 1. The van der Waals surface area contributed by atoms with E-state index in [1.807, 2.05) is 19.1 Å². The number of aryl methyl sites for hydroxylation is 1. The fourth-order valence-electron chi connectivity index (χ4n) is 3.85. The van der Waals surface area contributed by atoms with Gasteiger partial charge in [0, 0.05) is 11.3 Å². The third-order valence-corrected chi connectivity index (χ3v) is 5.77. The van der Waals surface area contributed by atoms with E-state index < -0.39 is 23.5 Å². The van der Waals surface area contributed by atoms with E-state index in [2.05, 4.69) is 0 Å². The van der Waals surface area contributed by atoms with Crippen molar-refractivity contribution < 1.29 is 23.8 Å². The molecule has 1 heterocycles. The van der Waals surface area contributed by atoms with E-state index in [-0.39, 0.29) is 16.9 Å². The second-order valence-corrected chi connectivity index (χ2v) is 7.76. The van der Waals surface area contributed by atoms with Crippen molar-refractivity contribution in [2.75, 3.05) is 12.0 Å². The van der Waals surface area contributed by atoms with Crippen LogP contribution in [0, 0.1) is 12.7 Å². The molecule has 3 aromatic rings. The van der Waals surface area contributed by atoms with Crippen LogP contribution in [0.4, 0.5) is 10.1 Å². The Hall–Kier alpha value is -3.64. The van der Waals surface area contributed by atoms with Crippen molar-refractivity contribution in [2.24, 2.45) is 0 Å². The number of ether oxygens (including phenoxy) is 1. The minimum Gasteiger partial charge on any atom is -0.507 e. The van der Waals surface area contributed by atoms with Gasteiger partial charge in [-0.05, 0) is 60.5 Å². The number of halogens is 2. The predicted octanol–water partition coefficient (Wildman–Crippen LogP) is 5.42. The summed E-state index contributed by atoms with van der Waals surface area (Å²) in [7, 11) is 1.44. The van der Waals surface area contributed by atoms with Crippen LogP contribution in [0.5, 0.6) is 5.75 Å². The van der Waals surface area contributed by atoms with E-state index >= 15 is 0 Å². The minimum atomic E-state index is -0.900. The van der Waals surface area contributed by atoms with Crippen molar-refractivity contribution in [1.82, 2.24) is 0 Å². The lowest BCUT2D eigenvalue weighted by Gasteiger charge is -2.26. The summed E-state index contributed by atoms with van der Waals surface area (Å²) < 4.78 is 18.7. The molecule has 3 aromatic carbocycles. The molecule has 0 aromatic heterocycles. The number of amides is 1. The van der Waals surface area contributed by atoms with Crippen LogP contribution >= 0.6 is 11.6 Å². The van der Waals surface area contributed by atoms with Crippen LogP contribution in [-0.4, -0.2) is 23.9 Å². The summed E-state index contributed by atoms with van der Waals surface area (Å²) in [6.07, 6.45) is 0. The van der Waals surface area contributed by atoms with Crippen molar-refractivity contribution in [3.8, 4) is 5.75 Å². The summed E-state index contributed by atoms with van der Waals surface area (Å²) in [4.78, 5) is 27.5. The van der Waals surface area contributed by atoms with Crippen molar-refractivity contribution in [3.05, 3.63) is 99.8 Å². The van der Waals surface area contributed by atoms with E-state index in [1.165, 1.54) is 48.4 Å². The number of methoxy groups -OCH3 is 1. The number of aliphatic hydroxyl groups excluding tert-OH is 1. The van der Waals surface area contributed by atoms with Gasteiger partial charge in [-0.3, -0.25) is 14.5 Å². The second-order valence-electron chi connectivity index (χ2n) is 7.35. The fraction of sp³-hybridized carbons (Fsp3) is 0.120. The molecule has 1 aliphatic heterocycles. The maximum Gasteiger partial charge on any atom is 0.300 e. The van der Waals surface area contributed by atoms with Crippen LogP contribution in [0.25, 0.3) is 5.76 Å². The van der Waals surface area contributed by atoms with Crippen LogP contribution in [0.1, 0.15) is 22.7 Å². The number of hydrogen-bond acceptors (Lipinski definition) is 4. The lowest BCUT2D eigenvalue weighted by atomic mass is 9.92. The van der Waals surface area contributed by atoms with E-state index in [1.54, 1.807) is 18.2 Å². The zero-order chi connectivity index (χ0) is 23.0. The monoisotopic (exact) mass is 451 g/mol. The molecule has 1 amide bonds. The summed E-state index contributed by atoms with van der Waals surface area (Å²) in [5, 5.41) is 11.5. The van der Waals surface area contributed by atoms with Crippen LogP contribution in [0.2, 0.25) is 5.02 Å². The van der Waals surface area contributed by atoms with Gasteiger partial charge in [-0.1, -0.05) is 35.9 Å². The first-order chi connectivity index (χ1) is 15.3. The zero-order valence-corrected chi connectivity index (χ0v) is 18.1. The number of nitrogens with zero attached hydrogens (tertiary/aromatic N) is 1. The number of benzene rings is 3. The molecule has 0 spiro atoms. The van der Waals surface area contributed by atoms with Crippen molar-refractivity contribution in [3.63, 3.8) is 0 Å². The molecule has 1 N–H and O–H groups in total. The molecule has 1 atom stereocenters. The molecule has 1 aliphatic rings. The van der Waals surface area contributed by atoms with Gasteiger partial charge in [0.2, 0.25) is 0 Å². The third kappa shape index (κ3) is 3.63. The molecule has 0 bridgehead atoms. The Morgan fingerprint density at radius 1 is 1.06 bits per heavy atom. The summed E-state index contributed by atoms with van der Waals surface area (Å²) in [5.41, 5.74) is 2.04. The average molecular weight is 452 g/mol. The number of aliphatic hydroxyl groups is 1. The molecule has 0 aliphatic carbocycles. The van der Waals surface area contributed by atoms with Gasteiger partial charge in [0.1, 0.15) is 17.3 Å². The molecule has 0 saturated carbocycles. The van der Waals surface area contributed by atoms with Crippen LogP contribution in [-0.2, 0) is 9.59 Å². The van der Waals surface area contributed by atoms with E-state index in [0.717, 1.165) is 5.56 Å². The lowest BCUT2D eigenvalue weighted by molar-refractivity contribution is -0.132. The summed E-state index contributed by atoms with van der Waals surface area (Å²) in [6.45, 7) is 1.85. The normalized spacial score (nSPS) is 17.6. The number of carbonyl (C=O) groups excluding carboxylic acids is 2. The molecule has 5 nitrogen and oxygen atoms in total. The highest BCUT2D eigenvalue weighted by atomic mass is 35.5. The van der Waals surface area contributed by atoms with Gasteiger partial charge < -0.3 is 9.84 Å². The number of anilines is 1. The lowest BCUT2D eigenvalue weighted by Crippen LogP contribution is -2.29. The van der Waals surface area contributed by atoms with Gasteiger partial charge in [0.05, 0.1) is 23.7 Å². The Kier molecular flexibility index (Phi) is 5.72. The Morgan fingerprint density at radius 3 is 2.41 bits per heavy atom. The number of rotatable bonds is 4. The average Bonchev–Trinajstić information content (AvgIpc) is 3.05. The Balaban J connectivity index is 1.97. The van der Waals surface area contributed by atoms with E-state index in [4.69, 9.17) is 16.3 Å². The second kappa shape index (κ2) is 8.48. The highest BCUT2D eigenvalue weighted by molar-refractivity contribution is 6.51. The maximum absolute atomic E-state index is 13.5. The topological polar surface area (TPSA) is 66.8 Å². The fourth-order valence-corrected chi connectivity index (χ4v) is 4.05. The zero-order valence-electron chi connectivity index (χ0n) is 17.3. The molecule has 7 heteroatoms. The van der Waals surface area contributed by atoms with Crippen LogP contribution in [0.3, 0.4) is 0 Å². The first-order valence-corrected chi connectivity index (χ1v) is 10.2. The van der Waals surface area contributed by atoms with Gasteiger partial charge in [-0.15, -0.1) is 0 Å². The number of Topliss-reactive ketones (excluding diaryl/α,β-unsaturated/α-hetero) is 1. The Bertz CT molecular complexity index is 1250. The van der Waals surface area contributed by atoms with E-state index in [0.29, 0.717) is 22.0 Å². The first kappa shape index (κ1) is 21.6. The maximum atomic E-state index is 13.5. The summed E-state index contributed by atoms with van der Waals surface area (Å²) in [5.74, 6) is -2.15. The van der Waals surface area contributed by atoms with Crippen LogP contribution < -0.4 is 9.64 Å². The molecule has 1 fully saturated rings. The first-order valence-electron chi connectivity index (χ1n) is 9.79. The van der Waals surface area contributed by atoms with Gasteiger partial charge >= 0.3 is 0 Å². The van der Waals surface area contributed by atoms with E-state index in [9.17, 15) is 19.1 Å². The molecule has 32 heavy (non-hydrogen) atoms. The SMILES string of the molecule is COc1cc(/C(O)=C2\C(=O)C(=O)N(c3ccc(F)cc3)C2c2ccccc2C)ccc1Cl. The molecule has 0 radical (unpaired) electrons. The summed E-state index contributed by atoms with van der Waals surface area (Å²) in [6, 6.07) is 16.2. The quantitative estimate of drug-likeness (QED) is 0.326. The number of hydrogen-bond donors (Lipinski definition) is 1. The Morgan fingerprint density at radius 2 is 1.75 bits per heavy atom. The highest BCUT2D eigenvalue weighted by Crippen LogP contribution is 2.43. The van der Waals surface area contributed by atoms with Crippen molar-refractivity contribution >= 4 is 34.7 Å². The van der Waals surface area contributed by atoms with Gasteiger partial charge in [-0.2, -0.15) is 0 Å². The predicted molar refractivity (Wildman–Crippen MR) is 120 cm³/mol. The molecule has 162 valence electrons. The highest BCUT2D eigenvalue weighted by Gasteiger charge is 2.47. The van der Waals surface area contributed by atoms with Crippen molar-refractivity contribution in [2.45, 2.75) is 13.0 Å². The Labute approximate surface area is 189 Å². The van der Waals surface area contributed by atoms with Gasteiger partial charge in [0.25, 0.3) is 11.7 Å².